The molecule has 4 aromatic rings. The molecule has 0 saturated carbocycles. The van der Waals surface area contributed by atoms with Crippen LogP contribution in [0, 0.1) is 5.92 Å². The fraction of sp³-hybridized carbons (Fsp3) is 0.348. The van der Waals surface area contributed by atoms with E-state index < -0.39 is 53.2 Å². The van der Waals surface area contributed by atoms with Gasteiger partial charge in [-0.3, -0.25) is 14.4 Å². The summed E-state index contributed by atoms with van der Waals surface area (Å²) in [7, 11) is 0. The molecular formula is C46H53N3O10. The molecule has 0 aliphatic rings. The van der Waals surface area contributed by atoms with E-state index in [9.17, 15) is 28.8 Å². The van der Waals surface area contributed by atoms with Gasteiger partial charge in [-0.15, -0.1) is 0 Å². The fourth-order valence-corrected chi connectivity index (χ4v) is 5.78. The summed E-state index contributed by atoms with van der Waals surface area (Å²) in [5.74, 6) is -3.27. The first-order chi connectivity index (χ1) is 28.3. The summed E-state index contributed by atoms with van der Waals surface area (Å²) < 4.78 is 21.6. The number of amides is 3. The van der Waals surface area contributed by atoms with Crippen molar-refractivity contribution in [3.8, 4) is 5.75 Å². The molecule has 0 spiro atoms. The van der Waals surface area contributed by atoms with E-state index in [2.05, 4.69) is 16.0 Å². The molecule has 0 fully saturated rings. The van der Waals surface area contributed by atoms with Crippen LogP contribution in [0.15, 0.2) is 115 Å². The average Bonchev–Trinajstić information content (AvgIpc) is 3.23. The van der Waals surface area contributed by atoms with Gasteiger partial charge in [0, 0.05) is 24.4 Å². The second kappa shape index (κ2) is 23.7. The molecule has 0 aliphatic heterocycles. The highest BCUT2D eigenvalue weighted by atomic mass is 16.6. The Morgan fingerprint density at radius 2 is 1.29 bits per heavy atom. The van der Waals surface area contributed by atoms with E-state index in [0.29, 0.717) is 19.4 Å². The molecule has 0 bridgehead atoms. The molecule has 0 heterocycles. The van der Waals surface area contributed by atoms with Crippen LogP contribution in [0.3, 0.4) is 0 Å². The maximum atomic E-state index is 13.9. The van der Waals surface area contributed by atoms with Crippen molar-refractivity contribution in [2.75, 3.05) is 19.7 Å². The topological polar surface area (TPSA) is 175 Å². The van der Waals surface area contributed by atoms with Crippen LogP contribution < -0.4 is 20.7 Å². The molecule has 0 aliphatic carbocycles. The second-order valence-corrected chi connectivity index (χ2v) is 14.9. The molecule has 13 nitrogen and oxygen atoms in total. The van der Waals surface area contributed by atoms with Crippen molar-refractivity contribution in [1.29, 1.82) is 0 Å². The van der Waals surface area contributed by atoms with E-state index in [1.165, 1.54) is 12.1 Å². The van der Waals surface area contributed by atoms with Crippen LogP contribution in [-0.4, -0.2) is 67.0 Å². The SMILES string of the molecule is CC(C)(C)OC(=O)[C@H](CCCCNC(=O)OCc1ccccc1)NC(=O)[C@@H](CC(=O)CNC(=O)c1cccc(OCC(=O)OCc2ccccc2)c1)Cc1ccccc1. The van der Waals surface area contributed by atoms with Crippen molar-refractivity contribution in [2.24, 2.45) is 5.92 Å². The highest BCUT2D eigenvalue weighted by Gasteiger charge is 2.30. The van der Waals surface area contributed by atoms with Gasteiger partial charge in [-0.05, 0) is 81.3 Å². The normalized spacial score (nSPS) is 11.9. The molecule has 59 heavy (non-hydrogen) atoms. The summed E-state index contributed by atoms with van der Waals surface area (Å²) in [6.45, 7) is 5.00. The second-order valence-electron chi connectivity index (χ2n) is 14.9. The lowest BCUT2D eigenvalue weighted by atomic mass is 9.92. The number of rotatable bonds is 22. The quantitative estimate of drug-likeness (QED) is 0.0466. The summed E-state index contributed by atoms with van der Waals surface area (Å²) in [6, 6.07) is 32.8. The van der Waals surface area contributed by atoms with E-state index in [0.717, 1.165) is 16.7 Å². The third kappa shape index (κ3) is 17.7. The van der Waals surface area contributed by atoms with E-state index in [1.807, 2.05) is 91.0 Å². The van der Waals surface area contributed by atoms with Gasteiger partial charge < -0.3 is 34.9 Å². The lowest BCUT2D eigenvalue weighted by Crippen LogP contribution is -2.47. The Balaban J connectivity index is 1.30. The van der Waals surface area contributed by atoms with Gasteiger partial charge in [0.05, 0.1) is 6.54 Å². The van der Waals surface area contributed by atoms with Gasteiger partial charge >= 0.3 is 18.0 Å². The largest absolute Gasteiger partial charge is 0.482 e. The van der Waals surface area contributed by atoms with Crippen LogP contribution in [0.25, 0.3) is 0 Å². The summed E-state index contributed by atoms with van der Waals surface area (Å²) in [6.07, 6.45) is 0.605. The van der Waals surface area contributed by atoms with Crippen LogP contribution >= 0.6 is 0 Å². The van der Waals surface area contributed by atoms with Crippen LogP contribution in [0.1, 0.15) is 73.5 Å². The van der Waals surface area contributed by atoms with Crippen LogP contribution in [-0.2, 0) is 53.0 Å². The molecular weight excluding hydrogens is 755 g/mol. The van der Waals surface area contributed by atoms with Crippen LogP contribution in [0.2, 0.25) is 0 Å². The number of hydrogen-bond acceptors (Lipinski definition) is 10. The Kier molecular flexibility index (Phi) is 18.1. The van der Waals surface area contributed by atoms with Crippen molar-refractivity contribution in [1.82, 2.24) is 16.0 Å². The van der Waals surface area contributed by atoms with Gasteiger partial charge in [0.15, 0.2) is 12.4 Å². The van der Waals surface area contributed by atoms with Crippen molar-refractivity contribution in [3.63, 3.8) is 0 Å². The molecule has 312 valence electrons. The van der Waals surface area contributed by atoms with E-state index >= 15 is 0 Å². The highest BCUT2D eigenvalue weighted by Crippen LogP contribution is 2.18. The van der Waals surface area contributed by atoms with Gasteiger partial charge in [0.25, 0.3) is 5.91 Å². The van der Waals surface area contributed by atoms with Gasteiger partial charge in [0.2, 0.25) is 5.91 Å². The minimum Gasteiger partial charge on any atom is -0.482 e. The summed E-state index contributed by atoms with van der Waals surface area (Å²) in [4.78, 5) is 77.9. The standard InChI is InChI=1S/C46H53N3O10/c1-46(2,3)59-44(54)40(24-13-14-25-47-45(55)58-31-35-20-11-6-12-21-35)49-43(53)37(26-33-16-7-4-8-17-33)27-38(50)29-48-42(52)36-22-15-23-39(28-36)56-32-41(51)57-30-34-18-9-5-10-19-34/h4-12,15-23,28,37,40H,13-14,24-27,29-32H2,1-3H3,(H,47,55)(H,48,52)(H,49,53)/t37-,40+/m1/s1. The highest BCUT2D eigenvalue weighted by molar-refractivity contribution is 5.98. The van der Waals surface area contributed by atoms with Crippen molar-refractivity contribution in [2.45, 2.75) is 77.7 Å². The number of alkyl carbamates (subject to hydrolysis) is 1. The van der Waals surface area contributed by atoms with Gasteiger partial charge in [0.1, 0.15) is 30.6 Å². The first-order valence-electron chi connectivity index (χ1n) is 19.6. The molecule has 3 N–H and O–H groups in total. The maximum Gasteiger partial charge on any atom is 0.407 e. The average molecular weight is 808 g/mol. The maximum absolute atomic E-state index is 13.9. The zero-order valence-corrected chi connectivity index (χ0v) is 33.8. The summed E-state index contributed by atoms with van der Waals surface area (Å²) >= 11 is 0. The lowest BCUT2D eigenvalue weighted by Gasteiger charge is -2.26. The minimum absolute atomic E-state index is 0.104. The number of unbranched alkanes of at least 4 members (excludes halogenated alkanes) is 1. The minimum atomic E-state index is -1.01. The first-order valence-corrected chi connectivity index (χ1v) is 19.6. The van der Waals surface area contributed by atoms with Crippen molar-refractivity contribution < 1.29 is 47.7 Å². The number of ketones is 1. The van der Waals surface area contributed by atoms with Gasteiger partial charge in [-0.2, -0.15) is 0 Å². The van der Waals surface area contributed by atoms with Gasteiger partial charge in [-0.25, -0.2) is 14.4 Å². The third-order valence-electron chi connectivity index (χ3n) is 8.72. The Hall–Kier alpha value is -6.50. The first kappa shape index (κ1) is 45.2. The van der Waals surface area contributed by atoms with E-state index in [1.54, 1.807) is 32.9 Å². The number of esters is 2. The fourth-order valence-electron chi connectivity index (χ4n) is 5.78. The molecule has 0 saturated heterocycles. The molecule has 0 aromatic heterocycles. The number of hydrogen-bond donors (Lipinski definition) is 3. The zero-order chi connectivity index (χ0) is 42.5. The molecule has 4 aromatic carbocycles. The molecule has 13 heteroatoms. The van der Waals surface area contributed by atoms with Crippen molar-refractivity contribution in [3.05, 3.63) is 138 Å². The number of carbonyl (C=O) groups is 6. The van der Waals surface area contributed by atoms with E-state index in [4.69, 9.17) is 18.9 Å². The Morgan fingerprint density at radius 3 is 1.92 bits per heavy atom. The van der Waals surface area contributed by atoms with Crippen LogP contribution in [0.4, 0.5) is 4.79 Å². The van der Waals surface area contributed by atoms with Crippen LogP contribution in [0.5, 0.6) is 5.75 Å². The predicted molar refractivity (Wildman–Crippen MR) is 220 cm³/mol. The monoisotopic (exact) mass is 807 g/mol. The number of Topliss-reactive ketones (excluding diaryl/α,β-unsaturated/α-hetero) is 1. The number of nitrogens with one attached hydrogen (secondary N) is 3. The number of benzene rings is 4. The molecule has 3 amide bonds. The Bertz CT molecular complexity index is 1970. The van der Waals surface area contributed by atoms with Gasteiger partial charge in [-0.1, -0.05) is 97.1 Å². The molecule has 4 rings (SSSR count). The smallest absolute Gasteiger partial charge is 0.407 e. The third-order valence-corrected chi connectivity index (χ3v) is 8.72. The molecule has 0 radical (unpaired) electrons. The lowest BCUT2D eigenvalue weighted by molar-refractivity contribution is -0.159. The Morgan fingerprint density at radius 1 is 0.678 bits per heavy atom. The molecule has 0 unspecified atom stereocenters. The van der Waals surface area contributed by atoms with E-state index in [-0.39, 0.29) is 56.9 Å². The zero-order valence-electron chi connectivity index (χ0n) is 33.8. The van der Waals surface area contributed by atoms with Crippen molar-refractivity contribution >= 4 is 35.6 Å². The molecule has 2 atom stereocenters. The summed E-state index contributed by atoms with van der Waals surface area (Å²) in [5, 5.41) is 8.13. The summed E-state index contributed by atoms with van der Waals surface area (Å²) in [5.41, 5.74) is 1.89. The predicted octanol–water partition coefficient (Wildman–Crippen LogP) is 6.28. The number of ether oxygens (including phenoxy) is 4. The number of carbonyl (C=O) groups excluding carboxylic acids is 6. The Labute approximate surface area is 345 Å².